The molecule has 0 radical (unpaired) electrons. The predicted octanol–water partition coefficient (Wildman–Crippen LogP) is 3.86. The number of carbonyl (C=O) groups is 2. The molecule has 8 heteroatoms. The van der Waals surface area contributed by atoms with E-state index in [1.807, 2.05) is 0 Å². The van der Waals surface area contributed by atoms with Crippen molar-refractivity contribution in [1.82, 2.24) is 4.90 Å². The van der Waals surface area contributed by atoms with Crippen LogP contribution in [0.4, 0.5) is 5.69 Å². The van der Waals surface area contributed by atoms with Crippen LogP contribution in [0.1, 0.15) is 23.2 Å². The van der Waals surface area contributed by atoms with Crippen molar-refractivity contribution in [1.29, 1.82) is 0 Å². The van der Waals surface area contributed by atoms with Crippen molar-refractivity contribution in [3.63, 3.8) is 0 Å². The second-order valence-corrected chi connectivity index (χ2v) is 7.41. The van der Waals surface area contributed by atoms with Gasteiger partial charge in [0.15, 0.2) is 11.5 Å². The molecule has 0 aromatic heterocycles. The molecule has 0 spiro atoms. The molecular formula is C22H25ClN2O5. The Kier molecular flexibility index (Phi) is 7.05. The molecule has 0 atom stereocenters. The van der Waals surface area contributed by atoms with Crippen LogP contribution in [0.5, 0.6) is 17.2 Å². The quantitative estimate of drug-likeness (QED) is 0.750. The maximum Gasteiger partial charge on any atom is 0.253 e. The number of halogens is 1. The molecule has 1 aliphatic rings. The van der Waals surface area contributed by atoms with E-state index in [1.165, 1.54) is 14.2 Å². The summed E-state index contributed by atoms with van der Waals surface area (Å²) in [5.41, 5.74) is 1.07. The number of methoxy groups -OCH3 is 3. The molecule has 30 heavy (non-hydrogen) atoms. The first-order chi connectivity index (χ1) is 14.5. The molecule has 2 aromatic carbocycles. The molecule has 160 valence electrons. The zero-order chi connectivity index (χ0) is 21.7. The third-order valence-electron chi connectivity index (χ3n) is 5.20. The molecule has 3 rings (SSSR count). The zero-order valence-corrected chi connectivity index (χ0v) is 18.0. The Morgan fingerprint density at radius 1 is 0.933 bits per heavy atom. The number of amides is 2. The molecule has 1 saturated heterocycles. The summed E-state index contributed by atoms with van der Waals surface area (Å²) in [4.78, 5) is 27.3. The van der Waals surface area contributed by atoms with Gasteiger partial charge in [0.2, 0.25) is 5.91 Å². The highest BCUT2D eigenvalue weighted by Gasteiger charge is 2.28. The molecule has 1 N–H and O–H groups in total. The van der Waals surface area contributed by atoms with Gasteiger partial charge in [-0.15, -0.1) is 0 Å². The van der Waals surface area contributed by atoms with Gasteiger partial charge in [-0.2, -0.15) is 0 Å². The van der Waals surface area contributed by atoms with Crippen molar-refractivity contribution in [3.8, 4) is 17.2 Å². The maximum absolute atomic E-state index is 12.9. The number of hydrogen-bond acceptors (Lipinski definition) is 5. The van der Waals surface area contributed by atoms with Crippen LogP contribution in [0, 0.1) is 5.92 Å². The second kappa shape index (κ2) is 9.71. The predicted molar refractivity (Wildman–Crippen MR) is 115 cm³/mol. The average Bonchev–Trinajstić information content (AvgIpc) is 2.78. The highest BCUT2D eigenvalue weighted by atomic mass is 35.5. The Morgan fingerprint density at radius 3 is 2.20 bits per heavy atom. The van der Waals surface area contributed by atoms with Crippen LogP contribution in [0.25, 0.3) is 0 Å². The first-order valence-corrected chi connectivity index (χ1v) is 10.00. The van der Waals surface area contributed by atoms with E-state index < -0.39 is 0 Å². The minimum absolute atomic E-state index is 0.0914. The van der Waals surface area contributed by atoms with E-state index in [-0.39, 0.29) is 17.7 Å². The number of benzene rings is 2. The van der Waals surface area contributed by atoms with Gasteiger partial charge in [0.1, 0.15) is 5.75 Å². The topological polar surface area (TPSA) is 77.1 Å². The summed E-state index contributed by atoms with van der Waals surface area (Å²) in [6, 6.07) is 10.2. The Bertz CT molecular complexity index is 926. The van der Waals surface area contributed by atoms with Crippen molar-refractivity contribution in [2.75, 3.05) is 39.7 Å². The zero-order valence-electron chi connectivity index (χ0n) is 17.2. The third kappa shape index (κ3) is 4.79. The summed E-state index contributed by atoms with van der Waals surface area (Å²) >= 11 is 6.03. The SMILES string of the molecule is COc1ccc(Cl)cc1NC(=O)C1CCN(C(=O)c2ccc(OC)c(OC)c2)CC1. The number of nitrogens with zero attached hydrogens (tertiary/aromatic N) is 1. The molecule has 1 heterocycles. The highest BCUT2D eigenvalue weighted by Crippen LogP contribution is 2.31. The smallest absolute Gasteiger partial charge is 0.253 e. The van der Waals surface area contributed by atoms with E-state index in [0.717, 1.165) is 0 Å². The van der Waals surface area contributed by atoms with Gasteiger partial charge in [-0.05, 0) is 49.2 Å². The summed E-state index contributed by atoms with van der Waals surface area (Å²) in [5.74, 6) is 1.24. The minimum Gasteiger partial charge on any atom is -0.495 e. The summed E-state index contributed by atoms with van der Waals surface area (Å²) < 4.78 is 15.8. The Balaban J connectivity index is 1.61. The number of ether oxygens (including phenoxy) is 3. The lowest BCUT2D eigenvalue weighted by Gasteiger charge is -2.31. The third-order valence-corrected chi connectivity index (χ3v) is 5.44. The van der Waals surface area contributed by atoms with Gasteiger partial charge in [-0.3, -0.25) is 9.59 Å². The summed E-state index contributed by atoms with van der Waals surface area (Å²) in [7, 11) is 4.62. The number of anilines is 1. The average molecular weight is 433 g/mol. The molecule has 2 amide bonds. The lowest BCUT2D eigenvalue weighted by molar-refractivity contribution is -0.121. The standard InChI is InChI=1S/C22H25ClN2O5/c1-28-18-7-5-16(23)13-17(18)24-21(26)14-8-10-25(11-9-14)22(27)15-4-6-19(29-2)20(12-15)30-3/h4-7,12-14H,8-11H2,1-3H3,(H,24,26). The van der Waals surface area contributed by atoms with Crippen LogP contribution in [0.3, 0.4) is 0 Å². The van der Waals surface area contributed by atoms with E-state index in [9.17, 15) is 9.59 Å². The molecule has 1 aliphatic heterocycles. The summed E-state index contributed by atoms with van der Waals surface area (Å²) in [5, 5.41) is 3.41. The van der Waals surface area contributed by atoms with Gasteiger partial charge < -0.3 is 24.4 Å². The first-order valence-electron chi connectivity index (χ1n) is 9.62. The van der Waals surface area contributed by atoms with Crippen LogP contribution in [0.15, 0.2) is 36.4 Å². The molecule has 1 fully saturated rings. The number of likely N-dealkylation sites (tertiary alicyclic amines) is 1. The van der Waals surface area contributed by atoms with E-state index >= 15 is 0 Å². The number of carbonyl (C=O) groups excluding carboxylic acids is 2. The van der Waals surface area contributed by atoms with Crippen LogP contribution < -0.4 is 19.5 Å². The van der Waals surface area contributed by atoms with Crippen molar-refractivity contribution in [2.24, 2.45) is 5.92 Å². The van der Waals surface area contributed by atoms with Crippen molar-refractivity contribution >= 4 is 29.1 Å². The molecular weight excluding hydrogens is 408 g/mol. The molecule has 7 nitrogen and oxygen atoms in total. The number of nitrogens with one attached hydrogen (secondary N) is 1. The Morgan fingerprint density at radius 2 is 1.57 bits per heavy atom. The fraction of sp³-hybridized carbons (Fsp3) is 0.364. The fourth-order valence-electron chi connectivity index (χ4n) is 3.51. The summed E-state index contributed by atoms with van der Waals surface area (Å²) in [6.45, 7) is 0.996. The Labute approximate surface area is 180 Å². The lowest BCUT2D eigenvalue weighted by atomic mass is 9.95. The van der Waals surface area contributed by atoms with E-state index in [4.69, 9.17) is 25.8 Å². The fourth-order valence-corrected chi connectivity index (χ4v) is 3.68. The van der Waals surface area contributed by atoms with Gasteiger partial charge in [-0.25, -0.2) is 0 Å². The maximum atomic E-state index is 12.9. The molecule has 0 bridgehead atoms. The van der Waals surface area contributed by atoms with Gasteiger partial charge >= 0.3 is 0 Å². The van der Waals surface area contributed by atoms with Gasteiger partial charge in [0.05, 0.1) is 27.0 Å². The Hall–Kier alpha value is -2.93. The monoisotopic (exact) mass is 432 g/mol. The van der Waals surface area contributed by atoms with Gasteiger partial charge in [0.25, 0.3) is 5.91 Å². The van der Waals surface area contributed by atoms with Gasteiger partial charge in [-0.1, -0.05) is 11.6 Å². The van der Waals surface area contributed by atoms with Gasteiger partial charge in [0, 0.05) is 29.6 Å². The van der Waals surface area contributed by atoms with E-state index in [2.05, 4.69) is 5.32 Å². The molecule has 0 saturated carbocycles. The van der Waals surface area contributed by atoms with Crippen molar-refractivity contribution in [2.45, 2.75) is 12.8 Å². The molecule has 0 aliphatic carbocycles. The van der Waals surface area contributed by atoms with Crippen molar-refractivity contribution in [3.05, 3.63) is 47.0 Å². The minimum atomic E-state index is -0.192. The highest BCUT2D eigenvalue weighted by molar-refractivity contribution is 6.31. The van der Waals surface area contributed by atoms with Crippen LogP contribution in [0.2, 0.25) is 5.02 Å². The second-order valence-electron chi connectivity index (χ2n) is 6.97. The normalized spacial score (nSPS) is 14.2. The first kappa shape index (κ1) is 21.8. The largest absolute Gasteiger partial charge is 0.495 e. The van der Waals surface area contributed by atoms with E-state index in [0.29, 0.717) is 59.5 Å². The number of piperidine rings is 1. The van der Waals surface area contributed by atoms with Crippen LogP contribution in [-0.2, 0) is 4.79 Å². The van der Waals surface area contributed by atoms with Crippen LogP contribution in [-0.4, -0.2) is 51.1 Å². The van der Waals surface area contributed by atoms with E-state index in [1.54, 1.807) is 48.4 Å². The van der Waals surface area contributed by atoms with Crippen LogP contribution >= 0.6 is 11.6 Å². The molecule has 0 unspecified atom stereocenters. The number of hydrogen-bond donors (Lipinski definition) is 1. The molecule has 2 aromatic rings. The van der Waals surface area contributed by atoms with Crippen molar-refractivity contribution < 1.29 is 23.8 Å². The lowest BCUT2D eigenvalue weighted by Crippen LogP contribution is -2.41. The summed E-state index contributed by atoms with van der Waals surface area (Å²) in [6.07, 6.45) is 1.15. The number of rotatable bonds is 6.